The first-order valence-corrected chi connectivity index (χ1v) is 5.61. The van der Waals surface area contributed by atoms with Crippen LogP contribution in [0.3, 0.4) is 0 Å². The molecule has 0 aliphatic carbocycles. The van der Waals surface area contributed by atoms with Gasteiger partial charge in [-0.15, -0.1) is 0 Å². The van der Waals surface area contributed by atoms with Crippen LogP contribution < -0.4 is 5.73 Å². The topological polar surface area (TPSA) is 35.2 Å². The number of rotatable bonds is 6. The fourth-order valence-corrected chi connectivity index (χ4v) is 1.34. The van der Waals surface area contributed by atoms with Crippen molar-refractivity contribution in [2.24, 2.45) is 5.73 Å². The zero-order valence-electron chi connectivity index (χ0n) is 9.03. The van der Waals surface area contributed by atoms with Crippen LogP contribution in [0.4, 0.5) is 0 Å². The molecule has 0 aromatic heterocycles. The second kappa shape index (κ2) is 6.53. The molecule has 0 spiro atoms. The van der Waals surface area contributed by atoms with Crippen LogP contribution in [0.2, 0.25) is 0 Å². The average molecular weight is 223 g/mol. The van der Waals surface area contributed by atoms with Crippen molar-refractivity contribution in [3.63, 3.8) is 0 Å². The number of thiocarbonyl (C=S) groups is 1. The Morgan fingerprint density at radius 3 is 2.53 bits per heavy atom. The molecule has 15 heavy (non-hydrogen) atoms. The van der Waals surface area contributed by atoms with Crippen LogP contribution in [0.1, 0.15) is 30.9 Å². The van der Waals surface area contributed by atoms with Gasteiger partial charge in [0.25, 0.3) is 0 Å². The van der Waals surface area contributed by atoms with Gasteiger partial charge in [-0.3, -0.25) is 0 Å². The maximum atomic E-state index is 5.50. The van der Waals surface area contributed by atoms with Gasteiger partial charge < -0.3 is 10.5 Å². The minimum atomic E-state index is 0.438. The van der Waals surface area contributed by atoms with E-state index in [1.165, 1.54) is 6.42 Å². The smallest absolute Gasteiger partial charge is 0.103 e. The molecule has 0 saturated heterocycles. The molecular weight excluding hydrogens is 206 g/mol. The van der Waals surface area contributed by atoms with Gasteiger partial charge in [-0.1, -0.05) is 49.8 Å². The van der Waals surface area contributed by atoms with Crippen molar-refractivity contribution < 1.29 is 4.74 Å². The van der Waals surface area contributed by atoms with E-state index in [2.05, 4.69) is 6.92 Å². The lowest BCUT2D eigenvalue weighted by atomic mass is 10.1. The first-order valence-electron chi connectivity index (χ1n) is 5.20. The highest BCUT2D eigenvalue weighted by molar-refractivity contribution is 7.80. The van der Waals surface area contributed by atoms with E-state index in [1.807, 2.05) is 24.3 Å². The molecule has 0 unspecified atom stereocenters. The standard InChI is InChI=1S/C12H17NOS/c1-2-3-8-14-9-10-4-6-11(7-5-10)12(13)15/h4-7H,2-3,8-9H2,1H3,(H2,13,15). The van der Waals surface area contributed by atoms with Crippen LogP contribution in [0.15, 0.2) is 24.3 Å². The van der Waals surface area contributed by atoms with Crippen LogP contribution in [-0.4, -0.2) is 11.6 Å². The fraction of sp³-hybridized carbons (Fsp3) is 0.417. The largest absolute Gasteiger partial charge is 0.389 e. The molecule has 0 bridgehead atoms. The molecule has 3 heteroatoms. The van der Waals surface area contributed by atoms with Crippen molar-refractivity contribution in [1.82, 2.24) is 0 Å². The second-order valence-corrected chi connectivity index (χ2v) is 3.91. The summed E-state index contributed by atoms with van der Waals surface area (Å²) in [7, 11) is 0. The number of nitrogens with two attached hydrogens (primary N) is 1. The Morgan fingerprint density at radius 1 is 1.33 bits per heavy atom. The maximum Gasteiger partial charge on any atom is 0.103 e. The van der Waals surface area contributed by atoms with Crippen molar-refractivity contribution in [2.75, 3.05) is 6.61 Å². The summed E-state index contributed by atoms with van der Waals surface area (Å²) in [5.41, 5.74) is 7.57. The molecule has 1 rings (SSSR count). The Balaban J connectivity index is 2.39. The molecule has 0 atom stereocenters. The lowest BCUT2D eigenvalue weighted by Gasteiger charge is -2.04. The molecule has 2 nitrogen and oxygen atoms in total. The fourth-order valence-electron chi connectivity index (χ4n) is 1.20. The molecule has 1 aromatic carbocycles. The third-order valence-electron chi connectivity index (χ3n) is 2.15. The molecule has 0 fully saturated rings. The first kappa shape index (κ1) is 12.1. The van der Waals surface area contributed by atoms with E-state index in [0.29, 0.717) is 11.6 Å². The minimum Gasteiger partial charge on any atom is -0.389 e. The summed E-state index contributed by atoms with van der Waals surface area (Å²) in [6.45, 7) is 3.64. The van der Waals surface area contributed by atoms with Crippen molar-refractivity contribution in [2.45, 2.75) is 26.4 Å². The molecule has 0 amide bonds. The SMILES string of the molecule is CCCCOCc1ccc(C(N)=S)cc1. The van der Waals surface area contributed by atoms with E-state index in [-0.39, 0.29) is 0 Å². The summed E-state index contributed by atoms with van der Waals surface area (Å²) in [4.78, 5) is 0.438. The quantitative estimate of drug-likeness (QED) is 0.595. The highest BCUT2D eigenvalue weighted by Crippen LogP contribution is 2.06. The van der Waals surface area contributed by atoms with Gasteiger partial charge in [0.2, 0.25) is 0 Å². The Kier molecular flexibility index (Phi) is 5.29. The summed E-state index contributed by atoms with van der Waals surface area (Å²) in [5, 5.41) is 0. The van der Waals surface area contributed by atoms with Gasteiger partial charge in [-0.25, -0.2) is 0 Å². The van der Waals surface area contributed by atoms with Crippen LogP contribution in [0.25, 0.3) is 0 Å². The summed E-state index contributed by atoms with van der Waals surface area (Å²) >= 11 is 4.87. The molecule has 2 N–H and O–H groups in total. The lowest BCUT2D eigenvalue weighted by Crippen LogP contribution is -2.09. The van der Waals surface area contributed by atoms with Crippen LogP contribution in [0, 0.1) is 0 Å². The van der Waals surface area contributed by atoms with Gasteiger partial charge in [-0.2, -0.15) is 0 Å². The lowest BCUT2D eigenvalue weighted by molar-refractivity contribution is 0.118. The number of hydrogen-bond acceptors (Lipinski definition) is 2. The summed E-state index contributed by atoms with van der Waals surface area (Å²) in [6, 6.07) is 7.86. The van der Waals surface area contributed by atoms with E-state index < -0.39 is 0 Å². The Bertz CT molecular complexity index is 308. The van der Waals surface area contributed by atoms with E-state index >= 15 is 0 Å². The zero-order chi connectivity index (χ0) is 11.1. The van der Waals surface area contributed by atoms with Crippen molar-refractivity contribution >= 4 is 17.2 Å². The van der Waals surface area contributed by atoms with Gasteiger partial charge in [0.05, 0.1) is 6.61 Å². The van der Waals surface area contributed by atoms with Crippen LogP contribution >= 0.6 is 12.2 Å². The Labute approximate surface area is 96.4 Å². The maximum absolute atomic E-state index is 5.50. The highest BCUT2D eigenvalue weighted by Gasteiger charge is 1.96. The monoisotopic (exact) mass is 223 g/mol. The molecule has 1 aromatic rings. The number of benzene rings is 1. The van der Waals surface area contributed by atoms with E-state index in [9.17, 15) is 0 Å². The molecule has 0 radical (unpaired) electrons. The minimum absolute atomic E-state index is 0.438. The van der Waals surface area contributed by atoms with Crippen molar-refractivity contribution in [3.05, 3.63) is 35.4 Å². The molecule has 0 saturated carbocycles. The summed E-state index contributed by atoms with van der Waals surface area (Å²) < 4.78 is 5.50. The zero-order valence-corrected chi connectivity index (χ0v) is 9.85. The first-order chi connectivity index (χ1) is 7.24. The molecular formula is C12H17NOS. The Morgan fingerprint density at radius 2 is 2.00 bits per heavy atom. The van der Waals surface area contributed by atoms with Crippen molar-refractivity contribution in [3.8, 4) is 0 Å². The third-order valence-corrected chi connectivity index (χ3v) is 2.39. The van der Waals surface area contributed by atoms with E-state index in [1.54, 1.807) is 0 Å². The Hall–Kier alpha value is -0.930. The predicted octanol–water partition coefficient (Wildman–Crippen LogP) is 2.64. The van der Waals surface area contributed by atoms with Gasteiger partial charge in [0.1, 0.15) is 4.99 Å². The van der Waals surface area contributed by atoms with Crippen molar-refractivity contribution in [1.29, 1.82) is 0 Å². The van der Waals surface area contributed by atoms with Gasteiger partial charge in [0.15, 0.2) is 0 Å². The number of unbranched alkanes of at least 4 members (excludes halogenated alkanes) is 1. The summed E-state index contributed by atoms with van der Waals surface area (Å²) in [5.74, 6) is 0. The number of ether oxygens (including phenoxy) is 1. The van der Waals surface area contributed by atoms with Gasteiger partial charge >= 0.3 is 0 Å². The highest BCUT2D eigenvalue weighted by atomic mass is 32.1. The van der Waals surface area contributed by atoms with E-state index in [4.69, 9.17) is 22.7 Å². The molecule has 82 valence electrons. The number of hydrogen-bond donors (Lipinski definition) is 1. The summed E-state index contributed by atoms with van der Waals surface area (Å²) in [6.07, 6.45) is 2.28. The van der Waals surface area contributed by atoms with Gasteiger partial charge in [0, 0.05) is 12.2 Å². The second-order valence-electron chi connectivity index (χ2n) is 3.47. The van der Waals surface area contributed by atoms with Gasteiger partial charge in [-0.05, 0) is 12.0 Å². The molecule has 0 aliphatic heterocycles. The van der Waals surface area contributed by atoms with Crippen LogP contribution in [-0.2, 0) is 11.3 Å². The average Bonchev–Trinajstić information content (AvgIpc) is 2.25. The molecule has 0 heterocycles. The van der Waals surface area contributed by atoms with E-state index in [0.717, 1.165) is 24.2 Å². The third kappa shape index (κ3) is 4.40. The molecule has 0 aliphatic rings. The predicted molar refractivity (Wildman–Crippen MR) is 66.9 cm³/mol. The normalized spacial score (nSPS) is 10.2. The van der Waals surface area contributed by atoms with Crippen LogP contribution in [0.5, 0.6) is 0 Å².